The zero-order valence-electron chi connectivity index (χ0n) is 11.3. The van der Waals surface area contributed by atoms with E-state index in [1.807, 2.05) is 26.1 Å². The summed E-state index contributed by atoms with van der Waals surface area (Å²) in [5.74, 6) is 0. The Bertz CT molecular complexity index is 651. The van der Waals surface area contributed by atoms with Gasteiger partial charge in [0.15, 0.2) is 0 Å². The summed E-state index contributed by atoms with van der Waals surface area (Å²) in [4.78, 5) is 11.7. The van der Waals surface area contributed by atoms with E-state index in [0.717, 1.165) is 17.7 Å². The molecule has 0 saturated heterocycles. The molecule has 0 aliphatic rings. The van der Waals surface area contributed by atoms with Crippen molar-refractivity contribution in [3.05, 3.63) is 49.0 Å². The highest BCUT2D eigenvalue weighted by molar-refractivity contribution is 7.20. The number of anilines is 1. The molecule has 0 bridgehead atoms. The lowest BCUT2D eigenvalue weighted by Crippen LogP contribution is -2.19. The molecule has 3 nitrogen and oxygen atoms in total. The Balaban J connectivity index is 2.19. The molecule has 1 N–H and O–H groups in total. The molecule has 2 aromatic heterocycles. The monoisotopic (exact) mass is 330 g/mol. The summed E-state index contributed by atoms with van der Waals surface area (Å²) in [7, 11) is 0. The van der Waals surface area contributed by atoms with Crippen LogP contribution in [0.15, 0.2) is 29.2 Å². The van der Waals surface area contributed by atoms with Gasteiger partial charge in [0, 0.05) is 24.4 Å². The van der Waals surface area contributed by atoms with Gasteiger partial charge in [-0.25, -0.2) is 0 Å². The van der Waals surface area contributed by atoms with E-state index in [1.54, 1.807) is 16.7 Å². The number of hydrogen-bond donors (Lipinski definition) is 1. The SMILES string of the molecule is CCCn1cc(NC(C)c2cc(Cl)sc2Cl)ccc1=O. The summed E-state index contributed by atoms with van der Waals surface area (Å²) >= 11 is 13.5. The first kappa shape index (κ1) is 15.4. The Morgan fingerprint density at radius 1 is 1.40 bits per heavy atom. The van der Waals surface area contributed by atoms with Gasteiger partial charge in [0.1, 0.15) is 0 Å². The fourth-order valence-corrected chi connectivity index (χ4v) is 3.65. The number of thiophene rings is 1. The largest absolute Gasteiger partial charge is 0.377 e. The first-order chi connectivity index (χ1) is 9.51. The minimum atomic E-state index is 0.0154. The third kappa shape index (κ3) is 3.57. The number of nitrogens with zero attached hydrogens (tertiary/aromatic N) is 1. The van der Waals surface area contributed by atoms with E-state index >= 15 is 0 Å². The van der Waals surface area contributed by atoms with E-state index in [0.29, 0.717) is 15.2 Å². The minimum Gasteiger partial charge on any atom is -0.377 e. The molecule has 2 heterocycles. The van der Waals surface area contributed by atoms with Crippen molar-refractivity contribution in [3.63, 3.8) is 0 Å². The van der Waals surface area contributed by atoms with Crippen LogP contribution < -0.4 is 10.9 Å². The van der Waals surface area contributed by atoms with Crippen LogP contribution in [0.3, 0.4) is 0 Å². The molecule has 0 amide bonds. The zero-order valence-corrected chi connectivity index (χ0v) is 13.6. The smallest absolute Gasteiger partial charge is 0.250 e. The summed E-state index contributed by atoms with van der Waals surface area (Å²) in [6.07, 6.45) is 2.76. The van der Waals surface area contributed by atoms with E-state index in [2.05, 4.69) is 5.32 Å². The number of pyridine rings is 1. The summed E-state index contributed by atoms with van der Waals surface area (Å²) in [5.41, 5.74) is 1.88. The fraction of sp³-hybridized carbons (Fsp3) is 0.357. The highest BCUT2D eigenvalue weighted by Gasteiger charge is 2.13. The molecule has 0 saturated carbocycles. The molecule has 0 fully saturated rings. The zero-order chi connectivity index (χ0) is 14.7. The Labute approximate surface area is 132 Å². The first-order valence-corrected chi connectivity index (χ1v) is 8.00. The van der Waals surface area contributed by atoms with Gasteiger partial charge >= 0.3 is 0 Å². The number of halogens is 2. The maximum absolute atomic E-state index is 11.7. The number of rotatable bonds is 5. The first-order valence-electron chi connectivity index (χ1n) is 6.43. The van der Waals surface area contributed by atoms with Crippen LogP contribution in [0.2, 0.25) is 8.67 Å². The van der Waals surface area contributed by atoms with Gasteiger partial charge in [0.25, 0.3) is 5.56 Å². The minimum absolute atomic E-state index is 0.0154. The van der Waals surface area contributed by atoms with Gasteiger partial charge in [-0.3, -0.25) is 4.79 Å². The topological polar surface area (TPSA) is 34.0 Å². The van der Waals surface area contributed by atoms with Crippen LogP contribution in [0.5, 0.6) is 0 Å². The quantitative estimate of drug-likeness (QED) is 0.854. The van der Waals surface area contributed by atoms with Gasteiger partial charge in [-0.2, -0.15) is 0 Å². The summed E-state index contributed by atoms with van der Waals surface area (Å²) in [6, 6.07) is 5.26. The molecule has 108 valence electrons. The van der Waals surface area contributed by atoms with Crippen molar-refractivity contribution in [2.24, 2.45) is 0 Å². The molecule has 0 radical (unpaired) electrons. The van der Waals surface area contributed by atoms with Gasteiger partial charge < -0.3 is 9.88 Å². The highest BCUT2D eigenvalue weighted by atomic mass is 35.5. The third-order valence-corrected chi connectivity index (χ3v) is 4.50. The van der Waals surface area contributed by atoms with E-state index in [9.17, 15) is 4.79 Å². The molecule has 1 atom stereocenters. The molecule has 0 spiro atoms. The van der Waals surface area contributed by atoms with Gasteiger partial charge in [-0.1, -0.05) is 30.1 Å². The average molecular weight is 331 g/mol. The number of hydrogen-bond acceptors (Lipinski definition) is 3. The van der Waals surface area contributed by atoms with E-state index in [4.69, 9.17) is 23.2 Å². The van der Waals surface area contributed by atoms with Crippen LogP contribution in [0.4, 0.5) is 5.69 Å². The van der Waals surface area contributed by atoms with Crippen molar-refractivity contribution in [2.75, 3.05) is 5.32 Å². The maximum Gasteiger partial charge on any atom is 0.250 e. The molecule has 2 rings (SSSR count). The normalized spacial score (nSPS) is 12.4. The molecule has 1 unspecified atom stereocenters. The standard InChI is InChI=1S/C14H16Cl2N2OS/c1-3-6-18-8-10(4-5-13(18)19)17-9(2)11-7-12(15)20-14(11)16/h4-5,7-9,17H,3,6H2,1-2H3. The summed E-state index contributed by atoms with van der Waals surface area (Å²) < 4.78 is 3.07. The number of aryl methyl sites for hydroxylation is 1. The number of aromatic nitrogens is 1. The van der Waals surface area contributed by atoms with Gasteiger partial charge in [-0.05, 0) is 25.5 Å². The van der Waals surface area contributed by atoms with Crippen molar-refractivity contribution >= 4 is 40.2 Å². The fourth-order valence-electron chi connectivity index (χ4n) is 2.01. The highest BCUT2D eigenvalue weighted by Crippen LogP contribution is 2.35. The molecule has 2 aromatic rings. The van der Waals surface area contributed by atoms with Crippen molar-refractivity contribution in [3.8, 4) is 0 Å². The molecular weight excluding hydrogens is 315 g/mol. The van der Waals surface area contributed by atoms with Gasteiger partial charge in [0.2, 0.25) is 0 Å². The van der Waals surface area contributed by atoms with Crippen LogP contribution in [-0.2, 0) is 6.54 Å². The van der Waals surface area contributed by atoms with Crippen molar-refractivity contribution in [2.45, 2.75) is 32.9 Å². The second-order valence-corrected chi connectivity index (χ2v) is 6.88. The van der Waals surface area contributed by atoms with Crippen LogP contribution in [0, 0.1) is 0 Å². The van der Waals surface area contributed by atoms with Crippen LogP contribution in [-0.4, -0.2) is 4.57 Å². The second kappa shape index (κ2) is 6.66. The van der Waals surface area contributed by atoms with Crippen molar-refractivity contribution in [1.29, 1.82) is 0 Å². The molecule has 0 aliphatic carbocycles. The average Bonchev–Trinajstić information content (AvgIpc) is 2.73. The molecule has 0 aliphatic heterocycles. The predicted molar refractivity (Wildman–Crippen MR) is 87.4 cm³/mol. The third-order valence-electron chi connectivity index (χ3n) is 2.98. The van der Waals surface area contributed by atoms with Crippen molar-refractivity contribution < 1.29 is 0 Å². The van der Waals surface area contributed by atoms with Crippen LogP contribution in [0.25, 0.3) is 0 Å². The van der Waals surface area contributed by atoms with Crippen LogP contribution in [0.1, 0.15) is 31.9 Å². The van der Waals surface area contributed by atoms with Gasteiger partial charge in [0.05, 0.1) is 20.4 Å². The second-order valence-electron chi connectivity index (χ2n) is 4.59. The lowest BCUT2D eigenvalue weighted by molar-refractivity contribution is 0.654. The molecular formula is C14H16Cl2N2OS. The molecule has 6 heteroatoms. The molecule has 0 aromatic carbocycles. The van der Waals surface area contributed by atoms with Crippen LogP contribution >= 0.6 is 34.5 Å². The summed E-state index contributed by atoms with van der Waals surface area (Å²) in [6.45, 7) is 4.77. The Morgan fingerprint density at radius 2 is 2.15 bits per heavy atom. The van der Waals surface area contributed by atoms with Crippen molar-refractivity contribution in [1.82, 2.24) is 4.57 Å². The maximum atomic E-state index is 11.7. The van der Waals surface area contributed by atoms with E-state index in [1.165, 1.54) is 11.3 Å². The Hall–Kier alpha value is -0.970. The predicted octanol–water partition coefficient (Wildman–Crippen LogP) is 4.80. The lowest BCUT2D eigenvalue weighted by atomic mass is 10.2. The summed E-state index contributed by atoms with van der Waals surface area (Å²) in [5, 5.41) is 3.34. The van der Waals surface area contributed by atoms with E-state index in [-0.39, 0.29) is 11.6 Å². The van der Waals surface area contributed by atoms with E-state index < -0.39 is 0 Å². The Kier molecular flexibility index (Phi) is 5.13. The van der Waals surface area contributed by atoms with Gasteiger partial charge in [-0.15, -0.1) is 11.3 Å². The molecule has 20 heavy (non-hydrogen) atoms. The Morgan fingerprint density at radius 3 is 2.75 bits per heavy atom. The lowest BCUT2D eigenvalue weighted by Gasteiger charge is -2.16. The number of nitrogens with one attached hydrogen (secondary N) is 1.